The second-order valence-corrected chi connectivity index (χ2v) is 3.64. The van der Waals surface area contributed by atoms with E-state index in [0.29, 0.717) is 5.88 Å². The predicted octanol–water partition coefficient (Wildman–Crippen LogP) is 1.86. The van der Waals surface area contributed by atoms with Crippen LogP contribution in [0.1, 0.15) is 5.56 Å². The van der Waals surface area contributed by atoms with Gasteiger partial charge in [0, 0.05) is 0 Å². The van der Waals surface area contributed by atoms with Crippen LogP contribution in [0.2, 0.25) is 0 Å². The van der Waals surface area contributed by atoms with Gasteiger partial charge in [-0.05, 0) is 11.6 Å². The molecule has 0 unspecified atom stereocenters. The number of benzene rings is 1. The van der Waals surface area contributed by atoms with Crippen LogP contribution < -0.4 is 5.32 Å². The average molecular weight is 190 g/mol. The quantitative estimate of drug-likeness (QED) is 0.633. The Morgan fingerprint density at radius 2 is 2.08 bits per heavy atom. The van der Waals surface area contributed by atoms with Crippen LogP contribution in [0.25, 0.3) is 6.08 Å². The Labute approximate surface area is 81.0 Å². The molecule has 13 heavy (non-hydrogen) atoms. The van der Waals surface area contributed by atoms with Crippen LogP contribution in [0.4, 0.5) is 0 Å². The molecule has 0 aliphatic carbocycles. The summed E-state index contributed by atoms with van der Waals surface area (Å²) in [5.74, 6) is 0.478. The molecular weight excluding hydrogens is 182 g/mol. The summed E-state index contributed by atoms with van der Waals surface area (Å²) in [5, 5.41) is 3.77. The lowest BCUT2D eigenvalue weighted by Crippen LogP contribution is -2.05. The lowest BCUT2D eigenvalue weighted by molar-refractivity contribution is -0.116. The first-order chi connectivity index (χ1) is 6.36. The first kappa shape index (κ1) is 8.38. The van der Waals surface area contributed by atoms with Gasteiger partial charge in [-0.2, -0.15) is 0 Å². The van der Waals surface area contributed by atoms with E-state index in [0.717, 1.165) is 10.5 Å². The molecule has 2 nitrogen and oxygen atoms in total. The fraction of sp³-hybridized carbons (Fsp3) is 0.100. The third kappa shape index (κ3) is 1.92. The maximum Gasteiger partial charge on any atom is 0.279 e. The van der Waals surface area contributed by atoms with Gasteiger partial charge in [-0.3, -0.25) is 4.79 Å². The van der Waals surface area contributed by atoms with E-state index in [-0.39, 0.29) is 5.91 Å². The maximum atomic E-state index is 11.1. The van der Waals surface area contributed by atoms with Crippen LogP contribution >= 0.6 is 11.8 Å². The zero-order valence-electron chi connectivity index (χ0n) is 6.93. The van der Waals surface area contributed by atoms with Gasteiger partial charge in [0.1, 0.15) is 0 Å². The normalized spacial score (nSPS) is 19.1. The van der Waals surface area contributed by atoms with Crippen molar-refractivity contribution in [1.29, 1.82) is 0 Å². The SMILES string of the molecule is O=C1[N]CSC1=Cc1ccccc1. The highest BCUT2D eigenvalue weighted by Gasteiger charge is 2.18. The van der Waals surface area contributed by atoms with E-state index in [4.69, 9.17) is 0 Å². The number of thioether (sulfide) groups is 1. The predicted molar refractivity (Wildman–Crippen MR) is 54.0 cm³/mol. The number of amides is 1. The topological polar surface area (TPSA) is 31.2 Å². The molecule has 0 N–H and O–H groups in total. The number of hydrogen-bond donors (Lipinski definition) is 0. The molecule has 0 spiro atoms. The molecule has 65 valence electrons. The van der Waals surface area contributed by atoms with Crippen LogP contribution in [0.3, 0.4) is 0 Å². The molecule has 1 aromatic carbocycles. The molecule has 1 aliphatic heterocycles. The van der Waals surface area contributed by atoms with Crippen LogP contribution in [0.15, 0.2) is 35.2 Å². The molecule has 1 fully saturated rings. The molecule has 1 amide bonds. The maximum absolute atomic E-state index is 11.1. The largest absolute Gasteiger partial charge is 0.279 e. The molecule has 2 rings (SSSR count). The molecule has 0 aromatic heterocycles. The lowest BCUT2D eigenvalue weighted by Gasteiger charge is -1.92. The van der Waals surface area contributed by atoms with Crippen molar-refractivity contribution in [2.75, 3.05) is 5.88 Å². The second kappa shape index (κ2) is 3.66. The van der Waals surface area contributed by atoms with Crippen molar-refractivity contribution in [3.63, 3.8) is 0 Å². The molecule has 1 saturated heterocycles. The highest BCUT2D eigenvalue weighted by molar-refractivity contribution is 8.04. The van der Waals surface area contributed by atoms with Crippen LogP contribution in [0, 0.1) is 0 Å². The zero-order chi connectivity index (χ0) is 9.10. The summed E-state index contributed by atoms with van der Waals surface area (Å²) in [6.45, 7) is 0. The number of rotatable bonds is 1. The minimum atomic E-state index is -0.0890. The number of carbonyl (C=O) groups is 1. The summed E-state index contributed by atoms with van der Waals surface area (Å²) in [5.41, 5.74) is 1.05. The Kier molecular flexibility index (Phi) is 2.36. The Morgan fingerprint density at radius 3 is 2.69 bits per heavy atom. The van der Waals surface area contributed by atoms with Gasteiger partial charge >= 0.3 is 0 Å². The van der Waals surface area contributed by atoms with Crippen molar-refractivity contribution in [2.45, 2.75) is 0 Å². The van der Waals surface area contributed by atoms with Crippen molar-refractivity contribution in [1.82, 2.24) is 5.32 Å². The van der Waals surface area contributed by atoms with Gasteiger partial charge in [0.15, 0.2) is 0 Å². The Balaban J connectivity index is 2.25. The zero-order valence-corrected chi connectivity index (χ0v) is 7.75. The number of nitrogens with zero attached hydrogens (tertiary/aromatic N) is 1. The summed E-state index contributed by atoms with van der Waals surface area (Å²) in [6.07, 6.45) is 1.88. The van der Waals surface area contributed by atoms with E-state index in [1.165, 1.54) is 11.8 Å². The molecule has 3 heteroatoms. The van der Waals surface area contributed by atoms with Crippen LogP contribution in [-0.4, -0.2) is 11.8 Å². The lowest BCUT2D eigenvalue weighted by atomic mass is 10.2. The standard InChI is InChI=1S/C10H8NOS/c12-10-9(13-7-11-10)6-8-4-2-1-3-5-8/h1-6H,7H2. The van der Waals surface area contributed by atoms with Gasteiger partial charge in [0.05, 0.1) is 10.8 Å². The van der Waals surface area contributed by atoms with Gasteiger partial charge in [0.25, 0.3) is 5.91 Å². The minimum Gasteiger partial charge on any atom is -0.267 e. The van der Waals surface area contributed by atoms with Crippen molar-refractivity contribution in [3.05, 3.63) is 40.8 Å². The molecule has 1 aliphatic rings. The summed E-state index contributed by atoms with van der Waals surface area (Å²) >= 11 is 1.49. The first-order valence-corrected chi connectivity index (χ1v) is 4.96. The van der Waals surface area contributed by atoms with E-state index >= 15 is 0 Å². The Morgan fingerprint density at radius 1 is 1.31 bits per heavy atom. The van der Waals surface area contributed by atoms with Crippen molar-refractivity contribution < 1.29 is 4.79 Å². The Bertz CT molecular complexity index is 345. The molecule has 0 atom stereocenters. The van der Waals surface area contributed by atoms with Crippen molar-refractivity contribution in [3.8, 4) is 0 Å². The summed E-state index contributed by atoms with van der Waals surface area (Å²) < 4.78 is 0. The van der Waals surface area contributed by atoms with Crippen LogP contribution in [-0.2, 0) is 4.79 Å². The fourth-order valence-corrected chi connectivity index (χ4v) is 1.83. The molecule has 0 saturated carbocycles. The third-order valence-corrected chi connectivity index (χ3v) is 2.60. The highest BCUT2D eigenvalue weighted by Crippen LogP contribution is 2.24. The fourth-order valence-electron chi connectivity index (χ4n) is 1.10. The summed E-state index contributed by atoms with van der Waals surface area (Å²) in [6, 6.07) is 9.80. The average Bonchev–Trinajstić information content (AvgIpc) is 2.54. The summed E-state index contributed by atoms with van der Waals surface area (Å²) in [7, 11) is 0. The molecule has 1 heterocycles. The van der Waals surface area contributed by atoms with Crippen molar-refractivity contribution >= 4 is 23.7 Å². The second-order valence-electron chi connectivity index (χ2n) is 2.66. The number of hydrogen-bond acceptors (Lipinski definition) is 2. The molecule has 1 aromatic rings. The van der Waals surface area contributed by atoms with E-state index in [1.54, 1.807) is 0 Å². The smallest absolute Gasteiger partial charge is 0.267 e. The Hall–Kier alpha value is -1.22. The van der Waals surface area contributed by atoms with Gasteiger partial charge in [-0.15, -0.1) is 0 Å². The first-order valence-electron chi connectivity index (χ1n) is 3.97. The summed E-state index contributed by atoms with van der Waals surface area (Å²) in [4.78, 5) is 11.9. The molecule has 0 bridgehead atoms. The highest BCUT2D eigenvalue weighted by atomic mass is 32.2. The van der Waals surface area contributed by atoms with Gasteiger partial charge in [0.2, 0.25) is 0 Å². The van der Waals surface area contributed by atoms with E-state index in [2.05, 4.69) is 5.32 Å². The van der Waals surface area contributed by atoms with E-state index < -0.39 is 0 Å². The monoisotopic (exact) mass is 190 g/mol. The molecular formula is C10H8NOS. The van der Waals surface area contributed by atoms with Gasteiger partial charge < -0.3 is 0 Å². The van der Waals surface area contributed by atoms with Crippen molar-refractivity contribution in [2.24, 2.45) is 0 Å². The molecule has 1 radical (unpaired) electrons. The van der Waals surface area contributed by atoms with E-state index in [1.807, 2.05) is 36.4 Å². The van der Waals surface area contributed by atoms with Gasteiger partial charge in [-0.1, -0.05) is 42.1 Å². The van der Waals surface area contributed by atoms with Crippen LogP contribution in [0.5, 0.6) is 0 Å². The van der Waals surface area contributed by atoms with Gasteiger partial charge in [-0.25, -0.2) is 5.32 Å². The third-order valence-electron chi connectivity index (χ3n) is 1.74. The van der Waals surface area contributed by atoms with E-state index in [9.17, 15) is 4.79 Å². The number of carbonyl (C=O) groups excluding carboxylic acids is 1. The minimum absolute atomic E-state index is 0.0890.